The van der Waals surface area contributed by atoms with E-state index < -0.39 is 40.6 Å². The van der Waals surface area contributed by atoms with E-state index in [1.54, 1.807) is 19.1 Å². The molecule has 3 aromatic rings. The van der Waals surface area contributed by atoms with Crippen LogP contribution >= 0.6 is 0 Å². The zero-order valence-corrected chi connectivity index (χ0v) is 20.4. The molecule has 13 heteroatoms. The second kappa shape index (κ2) is 13.6. The highest BCUT2D eigenvalue weighted by Crippen LogP contribution is 2.34. The Morgan fingerprint density at radius 2 is 1.33 bits per heavy atom. The molecule has 1 heterocycles. The molecule has 39 heavy (non-hydrogen) atoms. The van der Waals surface area contributed by atoms with Gasteiger partial charge < -0.3 is 25.3 Å². The fourth-order valence-corrected chi connectivity index (χ4v) is 3.33. The van der Waals surface area contributed by atoms with Crippen LogP contribution in [0.5, 0.6) is 0 Å². The maximum atomic E-state index is 12.9. The van der Waals surface area contributed by atoms with Crippen LogP contribution in [0, 0.1) is 22.7 Å². The van der Waals surface area contributed by atoms with Crippen LogP contribution in [0.4, 0.5) is 37.7 Å². The van der Waals surface area contributed by atoms with Crippen LogP contribution in [0.25, 0.3) is 0 Å². The molecule has 0 saturated carbocycles. The molecule has 0 amide bonds. The van der Waals surface area contributed by atoms with E-state index in [4.69, 9.17) is 20.0 Å². The van der Waals surface area contributed by atoms with Crippen molar-refractivity contribution in [2.75, 3.05) is 23.8 Å². The van der Waals surface area contributed by atoms with Gasteiger partial charge in [-0.1, -0.05) is 0 Å². The predicted molar refractivity (Wildman–Crippen MR) is 129 cm³/mol. The van der Waals surface area contributed by atoms with Crippen LogP contribution in [-0.2, 0) is 18.8 Å². The zero-order chi connectivity index (χ0) is 29.2. The SMILES string of the molecule is C[C@H](CO)Nc1ccc(C#N)c(C(F)(F)F)c1.N#Cc1ccc(N[C@@H](CO)Cc2ccco2)cc1C(F)(F)F. The molecule has 0 aliphatic heterocycles. The Kier molecular flexibility index (Phi) is 10.8. The van der Waals surface area contributed by atoms with Crippen molar-refractivity contribution >= 4 is 11.4 Å². The molecule has 0 radical (unpaired) electrons. The van der Waals surface area contributed by atoms with Crippen molar-refractivity contribution < 1.29 is 41.0 Å². The van der Waals surface area contributed by atoms with Crippen molar-refractivity contribution in [1.29, 1.82) is 10.5 Å². The van der Waals surface area contributed by atoms with E-state index in [0.29, 0.717) is 12.2 Å². The van der Waals surface area contributed by atoms with Gasteiger partial charge in [0.05, 0.1) is 59.9 Å². The Hall–Kier alpha value is -4.20. The molecular weight excluding hydrogens is 530 g/mol. The molecule has 3 rings (SSSR count). The summed E-state index contributed by atoms with van der Waals surface area (Å²) in [4.78, 5) is 0. The van der Waals surface area contributed by atoms with Crippen molar-refractivity contribution in [2.24, 2.45) is 0 Å². The third kappa shape index (κ3) is 9.25. The number of hydrogen-bond donors (Lipinski definition) is 4. The zero-order valence-electron chi connectivity index (χ0n) is 20.4. The maximum Gasteiger partial charge on any atom is 0.417 e. The van der Waals surface area contributed by atoms with Crippen molar-refractivity contribution in [1.82, 2.24) is 0 Å². The Morgan fingerprint density at radius 1 is 0.821 bits per heavy atom. The standard InChI is InChI=1S/C15H13F3N2O2.C11H11F3N2O/c16-15(17,18)14-7-11(4-3-10(14)8-19)20-12(9-21)6-13-2-1-5-22-13;1-7(6-17)16-9-3-2-8(5-15)10(4-9)11(12,13)14/h1-5,7,12,20-21H,6,9H2;2-4,7,16-17H,6H2,1H3/t12-;7-/m11/s1. The lowest BCUT2D eigenvalue weighted by molar-refractivity contribution is -0.138. The number of alkyl halides is 6. The van der Waals surface area contributed by atoms with Crippen LogP contribution in [-0.4, -0.2) is 35.5 Å². The molecule has 1 aromatic heterocycles. The van der Waals surface area contributed by atoms with Crippen LogP contribution in [0.1, 0.15) is 34.9 Å². The molecule has 208 valence electrons. The van der Waals surface area contributed by atoms with Crippen LogP contribution < -0.4 is 10.6 Å². The monoisotopic (exact) mass is 554 g/mol. The number of nitrogens with zero attached hydrogens (tertiary/aromatic N) is 2. The summed E-state index contributed by atoms with van der Waals surface area (Å²) < 4.78 is 81.7. The third-order valence-corrected chi connectivity index (χ3v) is 5.20. The number of nitriles is 2. The molecule has 0 unspecified atom stereocenters. The number of rotatable bonds is 8. The predicted octanol–water partition coefficient (Wildman–Crippen LogP) is 5.56. The van der Waals surface area contributed by atoms with Crippen molar-refractivity contribution in [3.63, 3.8) is 0 Å². The molecule has 0 bridgehead atoms. The first kappa shape index (κ1) is 31.0. The summed E-state index contributed by atoms with van der Waals surface area (Å²) in [5, 5.41) is 41.0. The highest BCUT2D eigenvalue weighted by atomic mass is 19.4. The van der Waals surface area contributed by atoms with E-state index in [1.165, 1.54) is 30.5 Å². The minimum Gasteiger partial charge on any atom is -0.469 e. The third-order valence-electron chi connectivity index (χ3n) is 5.20. The maximum absolute atomic E-state index is 12.9. The molecule has 0 aliphatic rings. The van der Waals surface area contributed by atoms with Gasteiger partial charge in [-0.25, -0.2) is 0 Å². The molecular formula is C26H24F6N4O3. The fraction of sp³-hybridized carbons (Fsp3) is 0.308. The van der Waals surface area contributed by atoms with E-state index in [2.05, 4.69) is 10.6 Å². The smallest absolute Gasteiger partial charge is 0.417 e. The Morgan fingerprint density at radius 3 is 1.72 bits per heavy atom. The van der Waals surface area contributed by atoms with E-state index >= 15 is 0 Å². The summed E-state index contributed by atoms with van der Waals surface area (Å²) >= 11 is 0. The number of furan rings is 1. The number of anilines is 2. The number of aliphatic hydroxyl groups excluding tert-OH is 2. The first-order chi connectivity index (χ1) is 18.3. The Balaban J connectivity index is 0.000000283. The summed E-state index contributed by atoms with van der Waals surface area (Å²) in [6.07, 6.45) is -7.37. The second-order valence-corrected chi connectivity index (χ2v) is 8.28. The van der Waals surface area contributed by atoms with Gasteiger partial charge in [0.15, 0.2) is 0 Å². The van der Waals surface area contributed by atoms with Gasteiger partial charge in [-0.2, -0.15) is 36.9 Å². The lowest BCUT2D eigenvalue weighted by Gasteiger charge is -2.18. The van der Waals surface area contributed by atoms with Gasteiger partial charge >= 0.3 is 12.4 Å². The summed E-state index contributed by atoms with van der Waals surface area (Å²) in [5.74, 6) is 0.608. The molecule has 0 spiro atoms. The van der Waals surface area contributed by atoms with Gasteiger partial charge in [0.25, 0.3) is 0 Å². The second-order valence-electron chi connectivity index (χ2n) is 8.28. The number of aliphatic hydroxyl groups is 2. The van der Waals surface area contributed by atoms with Gasteiger partial charge in [-0.3, -0.25) is 0 Å². The van der Waals surface area contributed by atoms with E-state index in [0.717, 1.165) is 24.3 Å². The number of halogens is 6. The van der Waals surface area contributed by atoms with Gasteiger partial charge in [-0.15, -0.1) is 0 Å². The Bertz CT molecular complexity index is 1290. The fourth-order valence-electron chi connectivity index (χ4n) is 3.33. The van der Waals surface area contributed by atoms with Crippen LogP contribution in [0.3, 0.4) is 0 Å². The van der Waals surface area contributed by atoms with Crippen LogP contribution in [0.2, 0.25) is 0 Å². The van der Waals surface area contributed by atoms with E-state index in [1.807, 2.05) is 0 Å². The average molecular weight is 554 g/mol. The minimum atomic E-state index is -4.61. The molecule has 0 saturated heterocycles. The van der Waals surface area contributed by atoms with Crippen molar-refractivity contribution in [3.05, 3.63) is 82.8 Å². The quantitative estimate of drug-likeness (QED) is 0.269. The van der Waals surface area contributed by atoms with E-state index in [9.17, 15) is 31.4 Å². The molecule has 2 aromatic carbocycles. The topological polar surface area (TPSA) is 125 Å². The number of benzene rings is 2. The number of nitrogens with one attached hydrogen (secondary N) is 2. The molecule has 0 aliphatic carbocycles. The first-order valence-corrected chi connectivity index (χ1v) is 11.3. The van der Waals surface area contributed by atoms with Crippen molar-refractivity contribution in [3.8, 4) is 12.1 Å². The van der Waals surface area contributed by atoms with Gasteiger partial charge in [0.1, 0.15) is 5.76 Å². The lowest BCUT2D eigenvalue weighted by atomic mass is 10.1. The first-order valence-electron chi connectivity index (χ1n) is 11.3. The molecule has 4 N–H and O–H groups in total. The highest BCUT2D eigenvalue weighted by Gasteiger charge is 2.34. The largest absolute Gasteiger partial charge is 0.469 e. The summed E-state index contributed by atoms with van der Waals surface area (Å²) in [6.45, 7) is 1.16. The van der Waals surface area contributed by atoms with E-state index in [-0.39, 0.29) is 30.6 Å². The lowest BCUT2D eigenvalue weighted by Crippen LogP contribution is -2.26. The number of hydrogen-bond acceptors (Lipinski definition) is 7. The molecule has 0 fully saturated rings. The summed E-state index contributed by atoms with van der Waals surface area (Å²) in [7, 11) is 0. The van der Waals surface area contributed by atoms with Crippen molar-refractivity contribution in [2.45, 2.75) is 37.8 Å². The summed E-state index contributed by atoms with van der Waals surface area (Å²) in [5.41, 5.74) is -2.44. The Labute approximate surface area is 219 Å². The van der Waals surface area contributed by atoms with Gasteiger partial charge in [0.2, 0.25) is 0 Å². The molecule has 7 nitrogen and oxygen atoms in total. The normalized spacial score (nSPS) is 12.8. The highest BCUT2D eigenvalue weighted by molar-refractivity contribution is 5.54. The van der Waals surface area contributed by atoms with Gasteiger partial charge in [-0.05, 0) is 55.5 Å². The average Bonchev–Trinajstić information content (AvgIpc) is 3.40. The van der Waals surface area contributed by atoms with Gasteiger partial charge in [0, 0.05) is 23.8 Å². The van der Waals surface area contributed by atoms with Crippen LogP contribution in [0.15, 0.2) is 59.2 Å². The molecule has 2 atom stereocenters. The minimum absolute atomic E-state index is 0.178. The summed E-state index contributed by atoms with van der Waals surface area (Å²) in [6, 6.07) is 12.3.